The van der Waals surface area contributed by atoms with Crippen molar-refractivity contribution in [2.75, 3.05) is 13.2 Å². The van der Waals surface area contributed by atoms with E-state index in [1.54, 1.807) is 49.4 Å². The standard InChI is InChI=1S/C18H18BrN3O4/c1-2-26-15-9-12(8-14(19)17(15)24)10-21-22-16(23)11-20-18(25)13-6-4-3-5-7-13/h3-10,24H,2,11H2,1H3,(H,20,25)(H,22,23). The Labute approximate surface area is 159 Å². The lowest BCUT2D eigenvalue weighted by Crippen LogP contribution is -2.34. The molecule has 0 bridgehead atoms. The Morgan fingerprint density at radius 1 is 1.27 bits per heavy atom. The molecule has 8 heteroatoms. The monoisotopic (exact) mass is 419 g/mol. The van der Waals surface area contributed by atoms with Gasteiger partial charge in [-0.3, -0.25) is 9.59 Å². The number of hydrogen-bond acceptors (Lipinski definition) is 5. The molecule has 2 aromatic rings. The summed E-state index contributed by atoms with van der Waals surface area (Å²) >= 11 is 3.22. The highest BCUT2D eigenvalue weighted by atomic mass is 79.9. The quantitative estimate of drug-likeness (QED) is 0.473. The van der Waals surface area contributed by atoms with Gasteiger partial charge in [0.15, 0.2) is 11.5 Å². The topological polar surface area (TPSA) is 100 Å². The Bertz CT molecular complexity index is 810. The van der Waals surface area contributed by atoms with Gasteiger partial charge in [-0.2, -0.15) is 5.10 Å². The van der Waals surface area contributed by atoms with E-state index in [1.165, 1.54) is 6.21 Å². The van der Waals surface area contributed by atoms with Crippen molar-refractivity contribution in [1.29, 1.82) is 0 Å². The lowest BCUT2D eigenvalue weighted by Gasteiger charge is -2.08. The first-order chi connectivity index (χ1) is 12.5. The van der Waals surface area contributed by atoms with Crippen LogP contribution in [0.2, 0.25) is 0 Å². The maximum atomic E-state index is 11.8. The lowest BCUT2D eigenvalue weighted by molar-refractivity contribution is -0.120. The van der Waals surface area contributed by atoms with Crippen molar-refractivity contribution in [3.05, 3.63) is 58.1 Å². The number of phenolic OH excluding ortho intramolecular Hbond substituents is 1. The van der Waals surface area contributed by atoms with Gasteiger partial charge in [-0.25, -0.2) is 5.43 Å². The maximum Gasteiger partial charge on any atom is 0.259 e. The third-order valence-corrected chi connectivity index (χ3v) is 3.80. The Hall–Kier alpha value is -2.87. The molecule has 3 N–H and O–H groups in total. The van der Waals surface area contributed by atoms with E-state index in [1.807, 2.05) is 0 Å². The molecule has 0 aliphatic rings. The second-order valence-corrected chi connectivity index (χ2v) is 5.98. The van der Waals surface area contributed by atoms with E-state index in [0.29, 0.717) is 28.0 Å². The van der Waals surface area contributed by atoms with Crippen molar-refractivity contribution < 1.29 is 19.4 Å². The van der Waals surface area contributed by atoms with Gasteiger partial charge in [-0.1, -0.05) is 18.2 Å². The minimum Gasteiger partial charge on any atom is -0.503 e. The third-order valence-electron chi connectivity index (χ3n) is 3.20. The Morgan fingerprint density at radius 3 is 2.69 bits per heavy atom. The SMILES string of the molecule is CCOc1cc(C=NNC(=O)CNC(=O)c2ccccc2)cc(Br)c1O. The predicted octanol–water partition coefficient (Wildman–Crippen LogP) is 2.43. The molecule has 0 fully saturated rings. The molecule has 2 rings (SSSR count). The minimum atomic E-state index is -0.464. The normalized spacial score (nSPS) is 10.5. The first kappa shape index (κ1) is 19.5. The summed E-state index contributed by atoms with van der Waals surface area (Å²) in [6.45, 7) is 2.01. The van der Waals surface area contributed by atoms with Crippen LogP contribution in [-0.4, -0.2) is 36.3 Å². The molecule has 0 unspecified atom stereocenters. The Balaban J connectivity index is 1.88. The fourth-order valence-corrected chi connectivity index (χ4v) is 2.46. The van der Waals surface area contributed by atoms with Crippen LogP contribution in [0, 0.1) is 0 Å². The predicted molar refractivity (Wildman–Crippen MR) is 101 cm³/mol. The highest BCUT2D eigenvalue weighted by Crippen LogP contribution is 2.34. The summed E-state index contributed by atoms with van der Waals surface area (Å²) in [5.74, 6) is -0.497. The van der Waals surface area contributed by atoms with Crippen LogP contribution in [0.4, 0.5) is 0 Å². The number of ether oxygens (including phenoxy) is 1. The zero-order valence-corrected chi connectivity index (χ0v) is 15.6. The summed E-state index contributed by atoms with van der Waals surface area (Å²) in [6, 6.07) is 11.8. The van der Waals surface area contributed by atoms with Gasteiger partial charge in [0.1, 0.15) is 0 Å². The smallest absolute Gasteiger partial charge is 0.259 e. The van der Waals surface area contributed by atoms with Crippen LogP contribution < -0.4 is 15.5 Å². The third kappa shape index (κ3) is 5.59. The molecule has 0 atom stereocenters. The molecule has 2 aromatic carbocycles. The van der Waals surface area contributed by atoms with Crippen molar-refractivity contribution in [1.82, 2.24) is 10.7 Å². The van der Waals surface area contributed by atoms with E-state index in [0.717, 1.165) is 0 Å². The van der Waals surface area contributed by atoms with Crippen LogP contribution in [0.3, 0.4) is 0 Å². The second kappa shape index (κ2) is 9.57. The van der Waals surface area contributed by atoms with Crippen LogP contribution >= 0.6 is 15.9 Å². The van der Waals surface area contributed by atoms with Gasteiger partial charge < -0.3 is 15.2 Å². The fourth-order valence-electron chi connectivity index (χ4n) is 2.00. The van der Waals surface area contributed by atoms with Gasteiger partial charge in [0.2, 0.25) is 0 Å². The van der Waals surface area contributed by atoms with Gasteiger partial charge in [0, 0.05) is 5.56 Å². The van der Waals surface area contributed by atoms with Gasteiger partial charge in [-0.05, 0) is 52.7 Å². The largest absolute Gasteiger partial charge is 0.503 e. The van der Waals surface area contributed by atoms with E-state index < -0.39 is 5.91 Å². The van der Waals surface area contributed by atoms with Crippen LogP contribution in [0.5, 0.6) is 11.5 Å². The van der Waals surface area contributed by atoms with Crippen LogP contribution in [-0.2, 0) is 4.79 Å². The number of carbonyl (C=O) groups excluding carboxylic acids is 2. The second-order valence-electron chi connectivity index (χ2n) is 5.12. The van der Waals surface area contributed by atoms with Gasteiger partial charge in [0.05, 0.1) is 23.8 Å². The van der Waals surface area contributed by atoms with Crippen LogP contribution in [0.15, 0.2) is 52.0 Å². The number of halogens is 1. The first-order valence-electron chi connectivity index (χ1n) is 7.81. The van der Waals surface area contributed by atoms with Gasteiger partial charge in [0.25, 0.3) is 11.8 Å². The average Bonchev–Trinajstić information content (AvgIpc) is 2.64. The van der Waals surface area contributed by atoms with E-state index in [-0.39, 0.29) is 18.2 Å². The molecule has 2 amide bonds. The zero-order valence-electron chi connectivity index (χ0n) is 14.0. The molecule has 0 aliphatic carbocycles. The summed E-state index contributed by atoms with van der Waals surface area (Å²) in [7, 11) is 0. The molecule has 26 heavy (non-hydrogen) atoms. The summed E-state index contributed by atoms with van der Waals surface area (Å²) in [5.41, 5.74) is 3.41. The lowest BCUT2D eigenvalue weighted by atomic mass is 10.2. The summed E-state index contributed by atoms with van der Waals surface area (Å²) in [4.78, 5) is 23.6. The molecular formula is C18H18BrN3O4. The van der Waals surface area contributed by atoms with Crippen molar-refractivity contribution in [3.63, 3.8) is 0 Å². The minimum absolute atomic E-state index is 0.00309. The molecular weight excluding hydrogens is 402 g/mol. The number of hydrogen-bond donors (Lipinski definition) is 3. The number of phenols is 1. The van der Waals surface area contributed by atoms with Crippen molar-refractivity contribution in [3.8, 4) is 11.5 Å². The fraction of sp³-hybridized carbons (Fsp3) is 0.167. The maximum absolute atomic E-state index is 11.8. The van der Waals surface area contributed by atoms with Gasteiger partial charge in [-0.15, -0.1) is 0 Å². The number of nitrogens with zero attached hydrogens (tertiary/aromatic N) is 1. The van der Waals surface area contributed by atoms with Gasteiger partial charge >= 0.3 is 0 Å². The van der Waals surface area contributed by atoms with Crippen molar-refractivity contribution in [2.45, 2.75) is 6.92 Å². The molecule has 0 heterocycles. The molecule has 0 aliphatic heterocycles. The molecule has 0 radical (unpaired) electrons. The summed E-state index contributed by atoms with van der Waals surface area (Å²) in [5, 5.41) is 16.2. The van der Waals surface area contributed by atoms with E-state index in [4.69, 9.17) is 4.74 Å². The number of carbonyl (C=O) groups is 2. The molecule has 0 saturated heterocycles. The highest BCUT2D eigenvalue weighted by Gasteiger charge is 2.09. The Morgan fingerprint density at radius 2 is 2.00 bits per heavy atom. The molecule has 0 spiro atoms. The number of aromatic hydroxyl groups is 1. The van der Waals surface area contributed by atoms with Crippen LogP contribution in [0.25, 0.3) is 0 Å². The van der Waals surface area contributed by atoms with E-state index in [9.17, 15) is 14.7 Å². The molecule has 0 aromatic heterocycles. The molecule has 0 saturated carbocycles. The number of benzene rings is 2. The number of nitrogens with one attached hydrogen (secondary N) is 2. The number of rotatable bonds is 7. The van der Waals surface area contributed by atoms with E-state index >= 15 is 0 Å². The number of hydrazone groups is 1. The average molecular weight is 420 g/mol. The van der Waals surface area contributed by atoms with Crippen molar-refractivity contribution in [2.24, 2.45) is 5.10 Å². The van der Waals surface area contributed by atoms with E-state index in [2.05, 4.69) is 31.8 Å². The summed E-state index contributed by atoms with van der Waals surface area (Å²) in [6.07, 6.45) is 1.41. The first-order valence-corrected chi connectivity index (χ1v) is 8.61. The van der Waals surface area contributed by atoms with Crippen LogP contribution in [0.1, 0.15) is 22.8 Å². The molecule has 7 nitrogen and oxygen atoms in total. The zero-order chi connectivity index (χ0) is 18.9. The molecule has 136 valence electrons. The Kier molecular flexibility index (Phi) is 7.16. The summed E-state index contributed by atoms with van der Waals surface area (Å²) < 4.78 is 5.77. The number of amides is 2. The van der Waals surface area contributed by atoms with Crippen molar-refractivity contribution >= 4 is 34.0 Å². The highest BCUT2D eigenvalue weighted by molar-refractivity contribution is 9.10.